The van der Waals surface area contributed by atoms with Crippen molar-refractivity contribution in [1.82, 2.24) is 0 Å². The van der Waals surface area contributed by atoms with Crippen molar-refractivity contribution in [2.45, 2.75) is 47.0 Å². The zero-order chi connectivity index (χ0) is 12.8. The highest BCUT2D eigenvalue weighted by molar-refractivity contribution is 5.71. The number of rotatable bonds is 7. The lowest BCUT2D eigenvalue weighted by atomic mass is 9.72. The van der Waals surface area contributed by atoms with E-state index in [9.17, 15) is 9.90 Å². The summed E-state index contributed by atoms with van der Waals surface area (Å²) in [7, 11) is 0. The van der Waals surface area contributed by atoms with Crippen molar-refractivity contribution in [2.24, 2.45) is 11.3 Å². The van der Waals surface area contributed by atoms with Crippen LogP contribution >= 0.6 is 0 Å². The van der Waals surface area contributed by atoms with Gasteiger partial charge in [-0.05, 0) is 38.5 Å². The topological polar surface area (TPSA) is 37.3 Å². The third-order valence-electron chi connectivity index (χ3n) is 3.20. The van der Waals surface area contributed by atoms with Crippen molar-refractivity contribution < 1.29 is 9.90 Å². The highest BCUT2D eigenvalue weighted by atomic mass is 16.4. The molecular weight excluding hydrogens is 200 g/mol. The van der Waals surface area contributed by atoms with E-state index < -0.39 is 5.97 Å². The van der Waals surface area contributed by atoms with Crippen LogP contribution in [-0.4, -0.2) is 11.1 Å². The molecule has 0 spiro atoms. The number of carboxylic acid groups (broad SMARTS) is 1. The van der Waals surface area contributed by atoms with Crippen molar-refractivity contribution in [3.05, 3.63) is 24.3 Å². The van der Waals surface area contributed by atoms with E-state index in [1.165, 1.54) is 5.57 Å². The van der Waals surface area contributed by atoms with E-state index in [0.29, 0.717) is 6.42 Å². The minimum atomic E-state index is -0.720. The summed E-state index contributed by atoms with van der Waals surface area (Å²) in [6, 6.07) is 0. The molecule has 0 aliphatic rings. The molecule has 0 aromatic carbocycles. The van der Waals surface area contributed by atoms with E-state index in [4.69, 9.17) is 0 Å². The molecule has 2 unspecified atom stereocenters. The fraction of sp³-hybridized carbons (Fsp3) is 0.643. The van der Waals surface area contributed by atoms with Gasteiger partial charge in [0.1, 0.15) is 0 Å². The molecule has 1 N–H and O–H groups in total. The smallest absolute Gasteiger partial charge is 0.307 e. The van der Waals surface area contributed by atoms with E-state index in [0.717, 1.165) is 12.8 Å². The molecular formula is C14H24O2. The van der Waals surface area contributed by atoms with Crippen molar-refractivity contribution in [2.75, 3.05) is 0 Å². The minimum Gasteiger partial charge on any atom is -0.481 e. The maximum Gasteiger partial charge on any atom is 0.307 e. The molecule has 0 bridgehead atoms. The summed E-state index contributed by atoms with van der Waals surface area (Å²) in [4.78, 5) is 11.2. The van der Waals surface area contributed by atoms with E-state index in [-0.39, 0.29) is 11.3 Å². The van der Waals surface area contributed by atoms with E-state index in [1.807, 2.05) is 13.8 Å². The van der Waals surface area contributed by atoms with Gasteiger partial charge in [-0.2, -0.15) is 0 Å². The van der Waals surface area contributed by atoms with Gasteiger partial charge in [0.25, 0.3) is 0 Å². The van der Waals surface area contributed by atoms with Gasteiger partial charge in [0.15, 0.2) is 0 Å². The Morgan fingerprint density at radius 2 is 2.06 bits per heavy atom. The van der Waals surface area contributed by atoms with Crippen molar-refractivity contribution >= 4 is 5.97 Å². The molecule has 2 nitrogen and oxygen atoms in total. The molecule has 0 aromatic rings. The molecule has 0 saturated heterocycles. The molecule has 0 aliphatic carbocycles. The van der Waals surface area contributed by atoms with Gasteiger partial charge in [0, 0.05) is 0 Å². The zero-order valence-corrected chi connectivity index (χ0v) is 10.9. The van der Waals surface area contributed by atoms with Crippen LogP contribution in [0.5, 0.6) is 0 Å². The molecule has 2 atom stereocenters. The van der Waals surface area contributed by atoms with E-state index >= 15 is 0 Å². The average molecular weight is 224 g/mol. The highest BCUT2D eigenvalue weighted by Gasteiger charge is 2.34. The van der Waals surface area contributed by atoms with Gasteiger partial charge in [-0.3, -0.25) is 4.79 Å². The van der Waals surface area contributed by atoms with Gasteiger partial charge >= 0.3 is 5.97 Å². The molecule has 0 amide bonds. The van der Waals surface area contributed by atoms with Gasteiger partial charge in [-0.25, -0.2) is 0 Å². The van der Waals surface area contributed by atoms with Crippen molar-refractivity contribution in [1.29, 1.82) is 0 Å². The van der Waals surface area contributed by atoms with Crippen LogP contribution in [0.15, 0.2) is 24.3 Å². The summed E-state index contributed by atoms with van der Waals surface area (Å²) in [5, 5.41) is 9.19. The van der Waals surface area contributed by atoms with Gasteiger partial charge in [-0.1, -0.05) is 31.6 Å². The average Bonchev–Trinajstić information content (AvgIpc) is 2.17. The lowest BCUT2D eigenvalue weighted by Gasteiger charge is -2.31. The normalized spacial score (nSPS) is 16.0. The van der Waals surface area contributed by atoms with Crippen LogP contribution in [0.25, 0.3) is 0 Å². The second-order valence-electron chi connectivity index (χ2n) is 4.83. The SMILES string of the molecule is C=CC(C)(CCC=C(C)C)C(CC)C(=O)O. The van der Waals surface area contributed by atoms with Crippen LogP contribution in [0.2, 0.25) is 0 Å². The molecule has 16 heavy (non-hydrogen) atoms. The largest absolute Gasteiger partial charge is 0.481 e. The fourth-order valence-corrected chi connectivity index (χ4v) is 2.01. The number of carboxylic acids is 1. The van der Waals surface area contributed by atoms with E-state index in [1.54, 1.807) is 6.08 Å². The number of allylic oxidation sites excluding steroid dienone is 3. The second-order valence-corrected chi connectivity index (χ2v) is 4.83. The Labute approximate surface area is 99.1 Å². The summed E-state index contributed by atoms with van der Waals surface area (Å²) >= 11 is 0. The first kappa shape index (κ1) is 14.9. The van der Waals surface area contributed by atoms with Gasteiger partial charge in [-0.15, -0.1) is 6.58 Å². The zero-order valence-electron chi connectivity index (χ0n) is 10.9. The summed E-state index contributed by atoms with van der Waals surface area (Å²) in [6.45, 7) is 11.8. The first-order valence-corrected chi connectivity index (χ1v) is 5.87. The molecule has 0 radical (unpaired) electrons. The Kier molecular flexibility index (Phi) is 6.09. The number of carbonyl (C=O) groups is 1. The van der Waals surface area contributed by atoms with Gasteiger partial charge in [0.2, 0.25) is 0 Å². The van der Waals surface area contributed by atoms with E-state index in [2.05, 4.69) is 26.5 Å². The Morgan fingerprint density at radius 1 is 1.50 bits per heavy atom. The van der Waals surface area contributed by atoms with Crippen molar-refractivity contribution in [3.63, 3.8) is 0 Å². The molecule has 92 valence electrons. The lowest BCUT2D eigenvalue weighted by Crippen LogP contribution is -2.31. The Hall–Kier alpha value is -1.05. The minimum absolute atomic E-state index is 0.313. The Morgan fingerprint density at radius 3 is 2.38 bits per heavy atom. The maximum atomic E-state index is 11.2. The third-order valence-corrected chi connectivity index (χ3v) is 3.20. The quantitative estimate of drug-likeness (QED) is 0.663. The van der Waals surface area contributed by atoms with Crippen LogP contribution in [-0.2, 0) is 4.79 Å². The first-order chi connectivity index (χ1) is 7.37. The molecule has 0 saturated carbocycles. The van der Waals surface area contributed by atoms with Crippen LogP contribution < -0.4 is 0 Å². The molecule has 0 fully saturated rings. The van der Waals surface area contributed by atoms with Crippen LogP contribution in [0.1, 0.15) is 47.0 Å². The maximum absolute atomic E-state index is 11.2. The lowest BCUT2D eigenvalue weighted by molar-refractivity contribution is -0.145. The van der Waals surface area contributed by atoms with Gasteiger partial charge < -0.3 is 5.11 Å². The number of aliphatic carboxylic acids is 1. The summed E-state index contributed by atoms with van der Waals surface area (Å²) in [5.41, 5.74) is 0.960. The van der Waals surface area contributed by atoms with Crippen LogP contribution in [0.4, 0.5) is 0 Å². The Bertz CT molecular complexity index is 274. The van der Waals surface area contributed by atoms with Crippen molar-refractivity contribution in [3.8, 4) is 0 Å². The molecule has 0 heterocycles. The summed E-state index contributed by atoms with van der Waals surface area (Å²) in [5.74, 6) is -1.06. The van der Waals surface area contributed by atoms with Gasteiger partial charge in [0.05, 0.1) is 5.92 Å². The van der Waals surface area contributed by atoms with Crippen LogP contribution in [0, 0.1) is 11.3 Å². The molecule has 0 aliphatic heterocycles. The third kappa shape index (κ3) is 4.21. The fourth-order valence-electron chi connectivity index (χ4n) is 2.01. The summed E-state index contributed by atoms with van der Waals surface area (Å²) < 4.78 is 0. The summed E-state index contributed by atoms with van der Waals surface area (Å²) in [6.07, 6.45) is 6.35. The first-order valence-electron chi connectivity index (χ1n) is 5.87. The molecule has 0 aromatic heterocycles. The highest BCUT2D eigenvalue weighted by Crippen LogP contribution is 2.36. The predicted octanol–water partition coefficient (Wildman–Crippen LogP) is 4.04. The number of hydrogen-bond donors (Lipinski definition) is 1. The molecule has 2 heteroatoms. The number of hydrogen-bond acceptors (Lipinski definition) is 1. The Balaban J connectivity index is 4.69. The second kappa shape index (κ2) is 6.51. The standard InChI is InChI=1S/C14H24O2/c1-6-12(13(15)16)14(5,7-2)10-8-9-11(3)4/h7,9,12H,2,6,8,10H2,1,3-5H3,(H,15,16). The van der Waals surface area contributed by atoms with Crippen LogP contribution in [0.3, 0.4) is 0 Å². The molecule has 0 rings (SSSR count). The predicted molar refractivity (Wildman–Crippen MR) is 68.4 cm³/mol. The monoisotopic (exact) mass is 224 g/mol.